The molecule has 1 heterocycles. The smallest absolute Gasteiger partial charge is 0.126 e. The summed E-state index contributed by atoms with van der Waals surface area (Å²) in [6, 6.07) is 3.98. The van der Waals surface area contributed by atoms with Crippen LogP contribution in [0.2, 0.25) is 0 Å². The van der Waals surface area contributed by atoms with Gasteiger partial charge < -0.3 is 10.6 Å². The third-order valence-corrected chi connectivity index (χ3v) is 2.90. The number of rotatable bonds is 3. The van der Waals surface area contributed by atoms with Crippen molar-refractivity contribution < 1.29 is 8.78 Å². The number of aryl methyl sites for hydroxylation is 1. The van der Waals surface area contributed by atoms with E-state index in [0.29, 0.717) is 18.0 Å². The Bertz CT molecular complexity index is 349. The summed E-state index contributed by atoms with van der Waals surface area (Å²) in [6.07, 6.45) is 1.40. The van der Waals surface area contributed by atoms with Gasteiger partial charge in [-0.1, -0.05) is 0 Å². The van der Waals surface area contributed by atoms with E-state index < -0.39 is 0 Å². The van der Waals surface area contributed by atoms with E-state index in [-0.39, 0.29) is 11.6 Å². The highest BCUT2D eigenvalue weighted by Gasteiger charge is 2.13. The third kappa shape index (κ3) is 3.00. The first-order valence-corrected chi connectivity index (χ1v) is 5.64. The zero-order valence-electron chi connectivity index (χ0n) is 9.10. The van der Waals surface area contributed by atoms with Crippen LogP contribution in [0.5, 0.6) is 0 Å². The summed E-state index contributed by atoms with van der Waals surface area (Å²) < 4.78 is 26.2. The predicted octanol–water partition coefficient (Wildman–Crippen LogP) is 1.46. The Morgan fingerprint density at radius 2 is 2.12 bits per heavy atom. The fourth-order valence-electron chi connectivity index (χ4n) is 1.98. The standard InChI is InChI=1S/C12H16F2N2/c13-10-2-4-12(14)9(7-10)1-3-11-8-15-5-6-16-11/h2,4,7,11,15-16H,1,3,5-6,8H2/t11-/m0/s1. The Morgan fingerprint density at radius 3 is 2.88 bits per heavy atom. The average Bonchev–Trinajstić information content (AvgIpc) is 2.32. The van der Waals surface area contributed by atoms with Gasteiger partial charge in [-0.3, -0.25) is 0 Å². The van der Waals surface area contributed by atoms with Gasteiger partial charge >= 0.3 is 0 Å². The quantitative estimate of drug-likeness (QED) is 0.815. The van der Waals surface area contributed by atoms with Gasteiger partial charge in [0.1, 0.15) is 11.6 Å². The Hall–Kier alpha value is -1.00. The molecule has 1 aromatic rings. The highest BCUT2D eigenvalue weighted by atomic mass is 19.1. The van der Waals surface area contributed by atoms with Crippen molar-refractivity contribution in [2.75, 3.05) is 19.6 Å². The summed E-state index contributed by atoms with van der Waals surface area (Å²) in [7, 11) is 0. The van der Waals surface area contributed by atoms with E-state index in [0.717, 1.165) is 32.1 Å². The van der Waals surface area contributed by atoms with Crippen molar-refractivity contribution >= 4 is 0 Å². The molecule has 4 heteroatoms. The van der Waals surface area contributed by atoms with Crippen LogP contribution < -0.4 is 10.6 Å². The molecular weight excluding hydrogens is 210 g/mol. The average molecular weight is 226 g/mol. The molecule has 16 heavy (non-hydrogen) atoms. The maximum Gasteiger partial charge on any atom is 0.126 e. The van der Waals surface area contributed by atoms with Gasteiger partial charge in [-0.2, -0.15) is 0 Å². The van der Waals surface area contributed by atoms with Gasteiger partial charge in [0.25, 0.3) is 0 Å². The van der Waals surface area contributed by atoms with Crippen molar-refractivity contribution in [1.82, 2.24) is 10.6 Å². The molecule has 88 valence electrons. The molecule has 0 spiro atoms. The van der Waals surface area contributed by atoms with Crippen LogP contribution in [0.3, 0.4) is 0 Å². The molecule has 1 saturated heterocycles. The molecule has 0 radical (unpaired) electrons. The predicted molar refractivity (Wildman–Crippen MR) is 59.3 cm³/mol. The topological polar surface area (TPSA) is 24.1 Å². The molecule has 0 aromatic heterocycles. The first-order valence-electron chi connectivity index (χ1n) is 5.64. The molecule has 0 bridgehead atoms. The van der Waals surface area contributed by atoms with Crippen molar-refractivity contribution in [3.63, 3.8) is 0 Å². The lowest BCUT2D eigenvalue weighted by Crippen LogP contribution is -2.48. The number of piperazine rings is 1. The number of hydrogen-bond donors (Lipinski definition) is 2. The summed E-state index contributed by atoms with van der Waals surface area (Å²) in [5.41, 5.74) is 0.465. The molecule has 2 N–H and O–H groups in total. The first kappa shape index (κ1) is 11.5. The van der Waals surface area contributed by atoms with Crippen LogP contribution in [0.4, 0.5) is 8.78 Å². The zero-order valence-corrected chi connectivity index (χ0v) is 9.10. The van der Waals surface area contributed by atoms with Crippen molar-refractivity contribution in [3.05, 3.63) is 35.4 Å². The van der Waals surface area contributed by atoms with Crippen molar-refractivity contribution in [3.8, 4) is 0 Å². The Balaban J connectivity index is 1.90. The van der Waals surface area contributed by atoms with Gasteiger partial charge in [0.2, 0.25) is 0 Å². The summed E-state index contributed by atoms with van der Waals surface area (Å²) >= 11 is 0. The number of nitrogens with one attached hydrogen (secondary N) is 2. The van der Waals surface area contributed by atoms with Gasteiger partial charge in [0.15, 0.2) is 0 Å². The van der Waals surface area contributed by atoms with Gasteiger partial charge in [-0.05, 0) is 36.6 Å². The second-order valence-corrected chi connectivity index (χ2v) is 4.13. The molecule has 1 atom stereocenters. The Labute approximate surface area is 94.0 Å². The van der Waals surface area contributed by atoms with Crippen LogP contribution in [0.25, 0.3) is 0 Å². The number of halogens is 2. The van der Waals surface area contributed by atoms with Crippen LogP contribution in [0, 0.1) is 11.6 Å². The number of hydrogen-bond acceptors (Lipinski definition) is 2. The van der Waals surface area contributed by atoms with Crippen LogP contribution >= 0.6 is 0 Å². The maximum absolute atomic E-state index is 13.3. The lowest BCUT2D eigenvalue weighted by atomic mass is 10.0. The molecule has 0 unspecified atom stereocenters. The van der Waals surface area contributed by atoms with Crippen LogP contribution in [-0.2, 0) is 6.42 Å². The van der Waals surface area contributed by atoms with Gasteiger partial charge in [0.05, 0.1) is 0 Å². The van der Waals surface area contributed by atoms with E-state index >= 15 is 0 Å². The fourth-order valence-corrected chi connectivity index (χ4v) is 1.98. The fraction of sp³-hybridized carbons (Fsp3) is 0.500. The summed E-state index contributed by atoms with van der Waals surface area (Å²) in [6.45, 7) is 2.82. The number of benzene rings is 1. The molecule has 2 nitrogen and oxygen atoms in total. The minimum Gasteiger partial charge on any atom is -0.314 e. The van der Waals surface area contributed by atoms with Gasteiger partial charge in [0, 0.05) is 25.7 Å². The molecule has 1 fully saturated rings. The minimum absolute atomic E-state index is 0.315. The van der Waals surface area contributed by atoms with Crippen molar-refractivity contribution in [2.45, 2.75) is 18.9 Å². The largest absolute Gasteiger partial charge is 0.314 e. The molecule has 0 aliphatic carbocycles. The van der Waals surface area contributed by atoms with Crippen molar-refractivity contribution in [1.29, 1.82) is 0 Å². The second kappa shape index (κ2) is 5.37. The highest BCUT2D eigenvalue weighted by Crippen LogP contribution is 2.13. The van der Waals surface area contributed by atoms with Crippen LogP contribution in [0.1, 0.15) is 12.0 Å². The molecule has 1 aliphatic rings. The summed E-state index contributed by atoms with van der Waals surface area (Å²) in [5, 5.41) is 6.61. The Morgan fingerprint density at radius 1 is 1.25 bits per heavy atom. The third-order valence-electron chi connectivity index (χ3n) is 2.90. The SMILES string of the molecule is Fc1ccc(F)c(CC[C@H]2CNCCN2)c1. The van der Waals surface area contributed by atoms with Gasteiger partial charge in [-0.25, -0.2) is 8.78 Å². The van der Waals surface area contributed by atoms with Crippen LogP contribution in [0.15, 0.2) is 18.2 Å². The van der Waals surface area contributed by atoms with E-state index in [4.69, 9.17) is 0 Å². The van der Waals surface area contributed by atoms with E-state index in [9.17, 15) is 8.78 Å². The lowest BCUT2D eigenvalue weighted by molar-refractivity contribution is 0.397. The second-order valence-electron chi connectivity index (χ2n) is 4.13. The highest BCUT2D eigenvalue weighted by molar-refractivity contribution is 5.19. The monoisotopic (exact) mass is 226 g/mol. The molecule has 2 rings (SSSR count). The molecular formula is C12H16F2N2. The Kier molecular flexibility index (Phi) is 3.85. The van der Waals surface area contributed by atoms with E-state index in [1.54, 1.807) is 0 Å². The van der Waals surface area contributed by atoms with E-state index in [2.05, 4.69) is 10.6 Å². The van der Waals surface area contributed by atoms with Crippen molar-refractivity contribution in [2.24, 2.45) is 0 Å². The first-order chi connectivity index (χ1) is 7.75. The zero-order chi connectivity index (χ0) is 11.4. The summed E-state index contributed by atoms with van der Waals surface area (Å²) in [4.78, 5) is 0. The molecule has 1 aliphatic heterocycles. The van der Waals surface area contributed by atoms with E-state index in [1.807, 2.05) is 0 Å². The minimum atomic E-state index is -0.369. The van der Waals surface area contributed by atoms with E-state index in [1.165, 1.54) is 12.1 Å². The molecule has 0 amide bonds. The summed E-state index contributed by atoms with van der Waals surface area (Å²) in [5.74, 6) is -0.684. The molecule has 0 saturated carbocycles. The van der Waals surface area contributed by atoms with Gasteiger partial charge in [-0.15, -0.1) is 0 Å². The normalized spacial score (nSPS) is 21.0. The lowest BCUT2D eigenvalue weighted by Gasteiger charge is -2.24. The maximum atomic E-state index is 13.3. The van der Waals surface area contributed by atoms with Crippen LogP contribution in [-0.4, -0.2) is 25.7 Å². The molecule has 1 aromatic carbocycles.